The number of aliphatic hydroxyl groups excluding tert-OH is 2. The Balaban J connectivity index is 2.00. The minimum atomic E-state index is -0.638. The molecule has 3 rings (SSSR count). The van der Waals surface area contributed by atoms with Crippen molar-refractivity contribution in [1.29, 1.82) is 0 Å². The summed E-state index contributed by atoms with van der Waals surface area (Å²) in [5.74, 6) is 0. The summed E-state index contributed by atoms with van der Waals surface area (Å²) < 4.78 is 9.24. The molecule has 2 aromatic heterocycles. The van der Waals surface area contributed by atoms with E-state index in [1.165, 1.54) is 0 Å². The number of pyridine rings is 1. The Morgan fingerprint density at radius 3 is 3.06 bits per heavy atom. The predicted octanol–water partition coefficient (Wildman–Crippen LogP) is 2.07. The number of hydrogen-bond donors (Lipinski definition) is 2. The Hall–Kier alpha value is -0.790. The molecule has 0 spiro atoms. The van der Waals surface area contributed by atoms with Gasteiger partial charge < -0.3 is 19.5 Å². The maximum atomic E-state index is 9.76. The van der Waals surface area contributed by atoms with Crippen LogP contribution in [0.4, 0.5) is 0 Å². The SMILES string of the molecule is OC[C@H]1O[C@@H](n2ccc3ccsc3c2=S)C[C@@H]1O. The number of fused-ring (bicyclic) bond motifs is 1. The molecule has 0 aliphatic carbocycles. The van der Waals surface area contributed by atoms with Gasteiger partial charge in [-0.25, -0.2) is 0 Å². The largest absolute Gasteiger partial charge is 0.394 e. The lowest BCUT2D eigenvalue weighted by Crippen LogP contribution is -2.24. The van der Waals surface area contributed by atoms with Gasteiger partial charge in [-0.15, -0.1) is 11.3 Å². The van der Waals surface area contributed by atoms with Crippen molar-refractivity contribution >= 4 is 33.6 Å². The molecule has 4 nitrogen and oxygen atoms in total. The summed E-state index contributed by atoms with van der Waals surface area (Å²) in [5, 5.41) is 22.0. The highest BCUT2D eigenvalue weighted by Crippen LogP contribution is 2.31. The van der Waals surface area contributed by atoms with Crippen LogP contribution in [0.2, 0.25) is 0 Å². The summed E-state index contributed by atoms with van der Waals surface area (Å²) in [6, 6.07) is 4.02. The molecule has 1 aliphatic heterocycles. The molecular formula is C12H13NO3S2. The van der Waals surface area contributed by atoms with Gasteiger partial charge in [0.25, 0.3) is 0 Å². The molecule has 6 heteroatoms. The Bertz CT molecular complexity index is 621. The molecule has 0 aromatic carbocycles. The highest BCUT2D eigenvalue weighted by Gasteiger charge is 2.34. The van der Waals surface area contributed by atoms with Crippen molar-refractivity contribution in [3.05, 3.63) is 28.4 Å². The molecule has 0 radical (unpaired) electrons. The lowest BCUT2D eigenvalue weighted by Gasteiger charge is -2.16. The third-order valence-corrected chi connectivity index (χ3v) is 4.71. The van der Waals surface area contributed by atoms with E-state index in [-0.39, 0.29) is 12.8 Å². The minimum Gasteiger partial charge on any atom is -0.394 e. The lowest BCUT2D eigenvalue weighted by molar-refractivity contribution is -0.0447. The van der Waals surface area contributed by atoms with E-state index in [2.05, 4.69) is 0 Å². The second-order valence-corrected chi connectivity index (χ2v) is 5.65. The van der Waals surface area contributed by atoms with Gasteiger partial charge in [0.15, 0.2) is 0 Å². The molecule has 1 aliphatic rings. The van der Waals surface area contributed by atoms with E-state index < -0.39 is 12.2 Å². The van der Waals surface area contributed by atoms with Crippen molar-refractivity contribution in [2.75, 3.05) is 6.61 Å². The van der Waals surface area contributed by atoms with Crippen LogP contribution in [0.1, 0.15) is 12.6 Å². The maximum Gasteiger partial charge on any atom is 0.137 e. The Labute approximate surface area is 113 Å². The highest BCUT2D eigenvalue weighted by molar-refractivity contribution is 7.71. The molecule has 3 atom stereocenters. The van der Waals surface area contributed by atoms with E-state index in [1.54, 1.807) is 11.3 Å². The van der Waals surface area contributed by atoms with Crippen LogP contribution in [-0.2, 0) is 4.74 Å². The van der Waals surface area contributed by atoms with E-state index in [0.717, 1.165) is 14.7 Å². The standard InChI is InChI=1S/C12H13NO3S2/c14-6-9-8(15)5-10(16-9)13-3-1-7-2-4-18-11(7)12(13)17/h1-4,8-10,14-15H,5-6H2/t8-,9+,10+/m0/s1. The number of rotatable bonds is 2. The Kier molecular flexibility index (Phi) is 3.21. The van der Waals surface area contributed by atoms with Crippen molar-refractivity contribution in [3.63, 3.8) is 0 Å². The van der Waals surface area contributed by atoms with Crippen molar-refractivity contribution in [3.8, 4) is 0 Å². The van der Waals surface area contributed by atoms with E-state index in [0.29, 0.717) is 6.42 Å². The average Bonchev–Trinajstić information content (AvgIpc) is 2.96. The topological polar surface area (TPSA) is 54.6 Å². The molecule has 0 bridgehead atoms. The van der Waals surface area contributed by atoms with Crippen LogP contribution in [0, 0.1) is 4.64 Å². The third kappa shape index (κ3) is 1.90. The van der Waals surface area contributed by atoms with E-state index >= 15 is 0 Å². The van der Waals surface area contributed by atoms with Gasteiger partial charge in [-0.3, -0.25) is 0 Å². The van der Waals surface area contributed by atoms with Gasteiger partial charge >= 0.3 is 0 Å². The van der Waals surface area contributed by atoms with Crippen LogP contribution in [0.5, 0.6) is 0 Å². The zero-order valence-electron chi connectivity index (χ0n) is 9.52. The number of aliphatic hydroxyl groups is 2. The molecular weight excluding hydrogens is 270 g/mol. The van der Waals surface area contributed by atoms with Gasteiger partial charge in [0.2, 0.25) is 0 Å². The molecule has 2 N–H and O–H groups in total. The van der Waals surface area contributed by atoms with Gasteiger partial charge in [-0.1, -0.05) is 12.2 Å². The van der Waals surface area contributed by atoms with E-state index in [4.69, 9.17) is 22.1 Å². The second-order valence-electron chi connectivity index (χ2n) is 4.35. The van der Waals surface area contributed by atoms with Gasteiger partial charge in [-0.05, 0) is 22.9 Å². The van der Waals surface area contributed by atoms with Crippen LogP contribution >= 0.6 is 23.6 Å². The van der Waals surface area contributed by atoms with Gasteiger partial charge in [0, 0.05) is 12.6 Å². The van der Waals surface area contributed by atoms with Crippen LogP contribution < -0.4 is 0 Å². The molecule has 2 aromatic rings. The zero-order valence-corrected chi connectivity index (χ0v) is 11.2. The van der Waals surface area contributed by atoms with Crippen molar-refractivity contribution in [1.82, 2.24) is 4.57 Å². The van der Waals surface area contributed by atoms with Crippen molar-refractivity contribution in [2.45, 2.75) is 24.9 Å². The molecule has 0 unspecified atom stereocenters. The molecule has 1 saturated heterocycles. The molecule has 3 heterocycles. The third-order valence-electron chi connectivity index (χ3n) is 3.23. The molecule has 0 saturated carbocycles. The summed E-state index contributed by atoms with van der Waals surface area (Å²) >= 11 is 7.05. The Morgan fingerprint density at radius 1 is 1.50 bits per heavy atom. The fourth-order valence-corrected chi connectivity index (χ4v) is 3.52. The van der Waals surface area contributed by atoms with E-state index in [9.17, 15) is 5.11 Å². The lowest BCUT2D eigenvalue weighted by atomic mass is 10.2. The molecule has 18 heavy (non-hydrogen) atoms. The second kappa shape index (κ2) is 4.71. The molecule has 0 amide bonds. The van der Waals surface area contributed by atoms with Gasteiger partial charge in [-0.2, -0.15) is 0 Å². The summed E-state index contributed by atoms with van der Waals surface area (Å²) in [7, 11) is 0. The van der Waals surface area contributed by atoms with Crippen LogP contribution in [0.15, 0.2) is 23.7 Å². The first kappa shape index (κ1) is 12.3. The number of hydrogen-bond acceptors (Lipinski definition) is 5. The first-order chi connectivity index (χ1) is 8.70. The number of aromatic nitrogens is 1. The monoisotopic (exact) mass is 283 g/mol. The molecule has 96 valence electrons. The smallest absolute Gasteiger partial charge is 0.137 e. The maximum absolute atomic E-state index is 9.76. The Morgan fingerprint density at radius 2 is 2.33 bits per heavy atom. The van der Waals surface area contributed by atoms with E-state index in [1.807, 2.05) is 28.3 Å². The van der Waals surface area contributed by atoms with Crippen molar-refractivity contribution in [2.24, 2.45) is 0 Å². The minimum absolute atomic E-state index is 0.174. The van der Waals surface area contributed by atoms with Crippen LogP contribution in [0.25, 0.3) is 10.1 Å². The number of nitrogens with zero attached hydrogens (tertiary/aromatic N) is 1. The van der Waals surface area contributed by atoms with Crippen molar-refractivity contribution < 1.29 is 14.9 Å². The first-order valence-electron chi connectivity index (χ1n) is 5.73. The summed E-state index contributed by atoms with van der Waals surface area (Å²) in [4.78, 5) is 0. The fraction of sp³-hybridized carbons (Fsp3) is 0.417. The number of ether oxygens (including phenoxy) is 1. The van der Waals surface area contributed by atoms with Gasteiger partial charge in [0.1, 0.15) is 17.0 Å². The highest BCUT2D eigenvalue weighted by atomic mass is 32.1. The number of thiophene rings is 1. The first-order valence-corrected chi connectivity index (χ1v) is 7.02. The average molecular weight is 283 g/mol. The van der Waals surface area contributed by atoms with Crippen LogP contribution in [0.3, 0.4) is 0 Å². The molecule has 1 fully saturated rings. The quantitative estimate of drug-likeness (QED) is 0.829. The summed E-state index contributed by atoms with van der Waals surface area (Å²) in [6.07, 6.45) is 0.887. The normalized spacial score (nSPS) is 28.0. The zero-order chi connectivity index (χ0) is 12.7. The summed E-state index contributed by atoms with van der Waals surface area (Å²) in [5.41, 5.74) is 0. The van der Waals surface area contributed by atoms with Gasteiger partial charge in [0.05, 0.1) is 17.4 Å². The summed E-state index contributed by atoms with van der Waals surface area (Å²) in [6.45, 7) is -0.174. The fourth-order valence-electron chi connectivity index (χ4n) is 2.25. The van der Waals surface area contributed by atoms with Crippen LogP contribution in [-0.4, -0.2) is 33.6 Å². The predicted molar refractivity (Wildman–Crippen MR) is 72.3 cm³/mol.